The standard InChI is InChI=1S/C19H19ClO/c20-18-10-11-19(17(12-18)13-21)16-8-6-15(7-9-16)14-4-2-1-3-5-14/h6-14H,1-5H2. The quantitative estimate of drug-likeness (QED) is 0.648. The molecule has 2 aromatic carbocycles. The lowest BCUT2D eigenvalue weighted by molar-refractivity contribution is 0.112. The van der Waals surface area contributed by atoms with Crippen molar-refractivity contribution >= 4 is 17.9 Å². The predicted octanol–water partition coefficient (Wildman–Crippen LogP) is 5.87. The summed E-state index contributed by atoms with van der Waals surface area (Å²) < 4.78 is 0. The summed E-state index contributed by atoms with van der Waals surface area (Å²) in [6, 6.07) is 14.2. The predicted molar refractivity (Wildman–Crippen MR) is 88.1 cm³/mol. The van der Waals surface area contributed by atoms with Gasteiger partial charge < -0.3 is 0 Å². The highest BCUT2D eigenvalue weighted by atomic mass is 35.5. The van der Waals surface area contributed by atoms with E-state index in [0.29, 0.717) is 16.5 Å². The largest absolute Gasteiger partial charge is 0.298 e. The summed E-state index contributed by atoms with van der Waals surface area (Å²) in [5.41, 5.74) is 4.10. The maximum absolute atomic E-state index is 11.2. The van der Waals surface area contributed by atoms with Crippen LogP contribution < -0.4 is 0 Å². The van der Waals surface area contributed by atoms with Gasteiger partial charge in [0, 0.05) is 10.6 Å². The molecule has 2 aromatic rings. The van der Waals surface area contributed by atoms with E-state index in [1.165, 1.54) is 37.7 Å². The van der Waals surface area contributed by atoms with E-state index >= 15 is 0 Å². The molecule has 1 saturated carbocycles. The average Bonchev–Trinajstić information content (AvgIpc) is 2.56. The summed E-state index contributed by atoms with van der Waals surface area (Å²) in [7, 11) is 0. The van der Waals surface area contributed by atoms with E-state index in [2.05, 4.69) is 24.3 Å². The van der Waals surface area contributed by atoms with Gasteiger partial charge in [-0.3, -0.25) is 4.79 Å². The molecule has 2 heteroatoms. The molecule has 0 aliphatic heterocycles. The average molecular weight is 299 g/mol. The van der Waals surface area contributed by atoms with Crippen molar-refractivity contribution in [2.75, 3.05) is 0 Å². The number of hydrogen-bond acceptors (Lipinski definition) is 1. The van der Waals surface area contributed by atoms with Crippen molar-refractivity contribution in [2.24, 2.45) is 0 Å². The van der Waals surface area contributed by atoms with E-state index in [0.717, 1.165) is 17.4 Å². The number of aldehydes is 1. The number of rotatable bonds is 3. The van der Waals surface area contributed by atoms with Gasteiger partial charge in [-0.05, 0) is 47.6 Å². The van der Waals surface area contributed by atoms with Crippen molar-refractivity contribution in [2.45, 2.75) is 38.0 Å². The number of carbonyl (C=O) groups is 1. The molecule has 1 fully saturated rings. The first-order valence-corrected chi connectivity index (χ1v) is 8.01. The first-order valence-electron chi connectivity index (χ1n) is 7.63. The monoisotopic (exact) mass is 298 g/mol. The van der Waals surface area contributed by atoms with Crippen molar-refractivity contribution in [3.05, 3.63) is 58.6 Å². The lowest BCUT2D eigenvalue weighted by Crippen LogP contribution is -2.04. The zero-order valence-corrected chi connectivity index (χ0v) is 12.8. The maximum atomic E-state index is 11.2. The van der Waals surface area contributed by atoms with Crippen LogP contribution in [0, 0.1) is 0 Å². The van der Waals surface area contributed by atoms with Crippen LogP contribution in [-0.4, -0.2) is 6.29 Å². The van der Waals surface area contributed by atoms with E-state index < -0.39 is 0 Å². The molecule has 108 valence electrons. The number of carbonyl (C=O) groups excluding carboxylic acids is 1. The van der Waals surface area contributed by atoms with Crippen LogP contribution in [-0.2, 0) is 0 Å². The molecule has 0 radical (unpaired) electrons. The van der Waals surface area contributed by atoms with Gasteiger partial charge in [-0.2, -0.15) is 0 Å². The lowest BCUT2D eigenvalue weighted by Gasteiger charge is -2.22. The Hall–Kier alpha value is -1.60. The first kappa shape index (κ1) is 14.3. The van der Waals surface area contributed by atoms with E-state index in [-0.39, 0.29) is 0 Å². The first-order chi connectivity index (χ1) is 10.3. The topological polar surface area (TPSA) is 17.1 Å². The molecule has 1 aliphatic carbocycles. The van der Waals surface area contributed by atoms with Crippen LogP contribution in [0.4, 0.5) is 0 Å². The molecule has 3 rings (SSSR count). The van der Waals surface area contributed by atoms with Crippen molar-refractivity contribution in [1.29, 1.82) is 0 Å². The van der Waals surface area contributed by atoms with Gasteiger partial charge in [0.25, 0.3) is 0 Å². The summed E-state index contributed by atoms with van der Waals surface area (Å²) in [6.07, 6.45) is 7.55. The molecule has 0 N–H and O–H groups in total. The van der Waals surface area contributed by atoms with Gasteiger partial charge in [0.05, 0.1) is 0 Å². The molecule has 1 nitrogen and oxygen atoms in total. The van der Waals surface area contributed by atoms with Crippen molar-refractivity contribution in [3.8, 4) is 11.1 Å². The van der Waals surface area contributed by atoms with Gasteiger partial charge in [0.1, 0.15) is 0 Å². The zero-order chi connectivity index (χ0) is 14.7. The highest BCUT2D eigenvalue weighted by molar-refractivity contribution is 6.31. The third-order valence-electron chi connectivity index (χ3n) is 4.44. The Bertz CT molecular complexity index is 625. The maximum Gasteiger partial charge on any atom is 0.150 e. The minimum absolute atomic E-state index is 0.597. The minimum atomic E-state index is 0.597. The Kier molecular flexibility index (Phi) is 4.40. The van der Waals surface area contributed by atoms with Crippen LogP contribution in [0.2, 0.25) is 5.02 Å². The molecule has 0 heterocycles. The second-order valence-electron chi connectivity index (χ2n) is 5.81. The molecule has 0 amide bonds. The van der Waals surface area contributed by atoms with Crippen LogP contribution in [0.25, 0.3) is 11.1 Å². The molecule has 0 spiro atoms. The second-order valence-corrected chi connectivity index (χ2v) is 6.24. The third-order valence-corrected chi connectivity index (χ3v) is 4.67. The summed E-state index contributed by atoms with van der Waals surface area (Å²) in [4.78, 5) is 11.2. The van der Waals surface area contributed by atoms with Gasteiger partial charge in [-0.1, -0.05) is 61.2 Å². The number of halogens is 1. The van der Waals surface area contributed by atoms with E-state index in [9.17, 15) is 4.79 Å². The highest BCUT2D eigenvalue weighted by Crippen LogP contribution is 2.34. The van der Waals surface area contributed by atoms with Crippen molar-refractivity contribution in [3.63, 3.8) is 0 Å². The molecular weight excluding hydrogens is 280 g/mol. The molecule has 1 aliphatic rings. The number of benzene rings is 2. The van der Waals surface area contributed by atoms with Crippen LogP contribution >= 0.6 is 11.6 Å². The molecule has 0 saturated heterocycles. The fourth-order valence-corrected chi connectivity index (χ4v) is 3.45. The van der Waals surface area contributed by atoms with Gasteiger partial charge in [-0.25, -0.2) is 0 Å². The van der Waals surface area contributed by atoms with Crippen molar-refractivity contribution in [1.82, 2.24) is 0 Å². The van der Waals surface area contributed by atoms with Crippen LogP contribution in [0.5, 0.6) is 0 Å². The summed E-state index contributed by atoms with van der Waals surface area (Å²) in [5, 5.41) is 0.597. The van der Waals surface area contributed by atoms with Crippen LogP contribution in [0.15, 0.2) is 42.5 Å². The van der Waals surface area contributed by atoms with E-state index in [1.807, 2.05) is 12.1 Å². The summed E-state index contributed by atoms with van der Waals surface area (Å²) in [6.45, 7) is 0. The molecule has 21 heavy (non-hydrogen) atoms. The smallest absolute Gasteiger partial charge is 0.150 e. The van der Waals surface area contributed by atoms with Crippen molar-refractivity contribution < 1.29 is 4.79 Å². The number of hydrogen-bond donors (Lipinski definition) is 0. The Balaban J connectivity index is 1.88. The molecule has 0 atom stereocenters. The third kappa shape index (κ3) is 3.19. The van der Waals surface area contributed by atoms with Crippen LogP contribution in [0.1, 0.15) is 53.9 Å². The minimum Gasteiger partial charge on any atom is -0.298 e. The van der Waals surface area contributed by atoms with Gasteiger partial charge >= 0.3 is 0 Å². The summed E-state index contributed by atoms with van der Waals surface area (Å²) in [5.74, 6) is 0.712. The Labute approximate surface area is 131 Å². The zero-order valence-electron chi connectivity index (χ0n) is 12.0. The second kappa shape index (κ2) is 6.44. The fraction of sp³-hybridized carbons (Fsp3) is 0.316. The Morgan fingerprint density at radius 3 is 2.33 bits per heavy atom. The molecular formula is C19H19ClO. The van der Waals surface area contributed by atoms with Gasteiger partial charge in [-0.15, -0.1) is 0 Å². The Morgan fingerprint density at radius 1 is 0.952 bits per heavy atom. The molecule has 0 bridgehead atoms. The van der Waals surface area contributed by atoms with Gasteiger partial charge in [0.15, 0.2) is 6.29 Å². The lowest BCUT2D eigenvalue weighted by atomic mass is 9.83. The Morgan fingerprint density at radius 2 is 1.67 bits per heavy atom. The highest BCUT2D eigenvalue weighted by Gasteiger charge is 2.15. The van der Waals surface area contributed by atoms with E-state index in [4.69, 9.17) is 11.6 Å². The molecule has 0 aromatic heterocycles. The van der Waals surface area contributed by atoms with E-state index in [1.54, 1.807) is 6.07 Å². The molecule has 0 unspecified atom stereocenters. The fourth-order valence-electron chi connectivity index (χ4n) is 3.26. The SMILES string of the molecule is O=Cc1cc(Cl)ccc1-c1ccc(C2CCCCC2)cc1. The van der Waals surface area contributed by atoms with Gasteiger partial charge in [0.2, 0.25) is 0 Å². The normalized spacial score (nSPS) is 15.9. The summed E-state index contributed by atoms with van der Waals surface area (Å²) >= 11 is 5.95. The van der Waals surface area contributed by atoms with Crippen LogP contribution in [0.3, 0.4) is 0 Å².